The van der Waals surface area contributed by atoms with Crippen molar-refractivity contribution in [1.82, 2.24) is 19.4 Å². The average molecular weight is 648 g/mol. The third-order valence-corrected chi connectivity index (χ3v) is 6.41. The molecule has 0 saturated carbocycles. The predicted octanol–water partition coefficient (Wildman–Crippen LogP) is 2.44. The number of nitrogens with one attached hydrogen (secondary N) is 2. The number of methoxy groups -OCH3 is 1. The van der Waals surface area contributed by atoms with Gasteiger partial charge in [-0.05, 0) is 56.6 Å². The molecular weight excluding hydrogens is 614 g/mol. The summed E-state index contributed by atoms with van der Waals surface area (Å²) in [4.78, 5) is 45.5. The van der Waals surface area contributed by atoms with Crippen molar-refractivity contribution >= 4 is 34.8 Å². The number of alkyl halides is 3. The molecule has 2 amide bonds. The first-order chi connectivity index (χ1) is 21.6. The molecule has 3 rings (SSSR count). The van der Waals surface area contributed by atoms with Gasteiger partial charge >= 0.3 is 17.9 Å². The molecule has 3 aromatic rings. The van der Waals surface area contributed by atoms with E-state index in [0.717, 1.165) is 24.3 Å². The van der Waals surface area contributed by atoms with Crippen molar-refractivity contribution in [2.24, 2.45) is 16.5 Å². The Labute approximate surface area is 260 Å². The molecule has 0 unspecified atom stereocenters. The SMILES string of the molecule is CNC(=O)Nc1ccc(N=C(CN(C)C)c2c(N)n(Cc3c(F)cccc3C(F)(F)F)c(=O)n(/C(N)=C/C=C(\N)OC)c2=O)cc1. The minimum atomic E-state index is -4.98. The largest absolute Gasteiger partial charge is 0.483 e. The molecule has 46 heavy (non-hydrogen) atoms. The lowest BCUT2D eigenvalue weighted by Crippen LogP contribution is -2.46. The van der Waals surface area contributed by atoms with Crippen molar-refractivity contribution in [2.75, 3.05) is 45.8 Å². The molecule has 0 fully saturated rings. The molecule has 0 spiro atoms. The van der Waals surface area contributed by atoms with Gasteiger partial charge < -0.3 is 37.5 Å². The van der Waals surface area contributed by atoms with Crippen LogP contribution in [-0.4, -0.2) is 60.6 Å². The summed E-state index contributed by atoms with van der Waals surface area (Å²) >= 11 is 0. The molecule has 0 aliphatic heterocycles. The fourth-order valence-electron chi connectivity index (χ4n) is 4.21. The Hall–Kier alpha value is -5.58. The van der Waals surface area contributed by atoms with Crippen molar-refractivity contribution in [1.29, 1.82) is 0 Å². The van der Waals surface area contributed by atoms with Crippen LogP contribution in [0, 0.1) is 5.82 Å². The van der Waals surface area contributed by atoms with Crippen LogP contribution in [0.3, 0.4) is 0 Å². The van der Waals surface area contributed by atoms with Gasteiger partial charge in [-0.1, -0.05) is 6.07 Å². The van der Waals surface area contributed by atoms with Gasteiger partial charge in [0.25, 0.3) is 5.56 Å². The fraction of sp³-hybridized carbons (Fsp3) is 0.241. The maximum absolute atomic E-state index is 14.9. The molecule has 0 bridgehead atoms. The Balaban J connectivity index is 2.39. The number of halogens is 4. The number of hydrogen-bond acceptors (Lipinski definition) is 9. The number of carbonyl (C=O) groups excluding carboxylic acids is 1. The normalized spacial score (nSPS) is 12.8. The van der Waals surface area contributed by atoms with Crippen LogP contribution in [0.2, 0.25) is 0 Å². The van der Waals surface area contributed by atoms with E-state index in [9.17, 15) is 31.9 Å². The Morgan fingerprint density at radius 1 is 1.09 bits per heavy atom. The topological polar surface area (TPSA) is 188 Å². The Bertz CT molecular complexity index is 1810. The fourth-order valence-corrected chi connectivity index (χ4v) is 4.21. The Morgan fingerprint density at radius 2 is 1.74 bits per heavy atom. The zero-order chi connectivity index (χ0) is 34.3. The molecule has 0 aliphatic rings. The molecule has 1 heterocycles. The van der Waals surface area contributed by atoms with E-state index in [4.69, 9.17) is 21.9 Å². The van der Waals surface area contributed by atoms with Crippen molar-refractivity contribution < 1.29 is 27.1 Å². The van der Waals surface area contributed by atoms with Gasteiger partial charge in [-0.15, -0.1) is 0 Å². The third-order valence-electron chi connectivity index (χ3n) is 6.41. The van der Waals surface area contributed by atoms with Crippen molar-refractivity contribution in [3.05, 3.63) is 104 Å². The quantitative estimate of drug-likeness (QED) is 0.0960. The summed E-state index contributed by atoms with van der Waals surface area (Å²) in [5, 5.41) is 4.99. The number of urea groups is 1. The van der Waals surface area contributed by atoms with Gasteiger partial charge in [-0.3, -0.25) is 14.4 Å². The number of rotatable bonds is 10. The number of allylic oxidation sites excluding steroid dienone is 2. The van der Waals surface area contributed by atoms with Crippen LogP contribution < -0.4 is 39.1 Å². The average Bonchev–Trinajstić information content (AvgIpc) is 2.98. The number of benzene rings is 2. The van der Waals surface area contributed by atoms with Crippen LogP contribution in [0.5, 0.6) is 0 Å². The van der Waals surface area contributed by atoms with Gasteiger partial charge in [-0.2, -0.15) is 13.2 Å². The molecule has 2 aromatic carbocycles. The second-order valence-electron chi connectivity index (χ2n) is 9.95. The van der Waals surface area contributed by atoms with Gasteiger partial charge in [0, 0.05) is 30.9 Å². The summed E-state index contributed by atoms with van der Waals surface area (Å²) < 4.78 is 62.4. The third kappa shape index (κ3) is 8.12. The second-order valence-corrected chi connectivity index (χ2v) is 9.95. The highest BCUT2D eigenvalue weighted by atomic mass is 19.4. The monoisotopic (exact) mass is 647 g/mol. The number of aromatic nitrogens is 2. The lowest BCUT2D eigenvalue weighted by atomic mass is 10.1. The molecule has 13 nitrogen and oxygen atoms in total. The number of amides is 2. The summed E-state index contributed by atoms with van der Waals surface area (Å²) in [6.07, 6.45) is -2.77. The maximum atomic E-state index is 14.9. The minimum absolute atomic E-state index is 0.00802. The second kappa shape index (κ2) is 14.5. The van der Waals surface area contributed by atoms with E-state index in [1.807, 2.05) is 0 Å². The lowest BCUT2D eigenvalue weighted by Gasteiger charge is -2.21. The highest BCUT2D eigenvalue weighted by Gasteiger charge is 2.35. The van der Waals surface area contributed by atoms with Crippen molar-refractivity contribution in [3.63, 3.8) is 0 Å². The zero-order valence-corrected chi connectivity index (χ0v) is 25.3. The van der Waals surface area contributed by atoms with Crippen LogP contribution >= 0.6 is 0 Å². The molecule has 0 saturated heterocycles. The molecule has 0 radical (unpaired) electrons. The summed E-state index contributed by atoms with van der Waals surface area (Å²) in [6, 6.07) is 7.99. The number of aliphatic imine (C=N–C) groups is 1. The smallest absolute Gasteiger partial charge is 0.416 e. The van der Waals surface area contributed by atoms with E-state index in [0.29, 0.717) is 20.9 Å². The van der Waals surface area contributed by atoms with Gasteiger partial charge in [0.15, 0.2) is 5.88 Å². The summed E-state index contributed by atoms with van der Waals surface area (Å²) in [5.74, 6) is -2.48. The van der Waals surface area contributed by atoms with Crippen LogP contribution in [0.25, 0.3) is 5.82 Å². The van der Waals surface area contributed by atoms with Crippen molar-refractivity contribution in [2.45, 2.75) is 12.7 Å². The van der Waals surface area contributed by atoms with Crippen LogP contribution in [0.15, 0.2) is 75.1 Å². The number of likely N-dealkylation sites (N-methyl/N-ethyl adjacent to an activating group) is 1. The minimum Gasteiger partial charge on any atom is -0.483 e. The molecule has 0 atom stereocenters. The standard InChI is InChI=1S/C29H33F4N9O4/c1-37-27(44)39-17-10-8-16(9-11-17)38-21(15-40(2)3)24-25(36)41(14-18-19(29(31,32)33)6-5-7-20(18)30)28(45)42(26(24)43)22(34)12-13-23(35)46-4/h5-13H,14-15,34-36H2,1-4H3,(H2,37,39,44)/b22-12+,23-13+,38-21?. The first-order valence-electron chi connectivity index (χ1n) is 13.4. The number of nitrogen functional groups attached to an aromatic ring is 1. The van der Waals surface area contributed by atoms with Crippen LogP contribution in [-0.2, 0) is 17.5 Å². The van der Waals surface area contributed by atoms with Crippen LogP contribution in [0.4, 0.5) is 39.5 Å². The molecular formula is C29H33F4N9O4. The number of anilines is 2. The van der Waals surface area contributed by atoms with E-state index in [1.165, 1.54) is 38.4 Å². The van der Waals surface area contributed by atoms with Gasteiger partial charge in [0.2, 0.25) is 0 Å². The molecule has 8 N–H and O–H groups in total. The van der Waals surface area contributed by atoms with E-state index < -0.39 is 58.6 Å². The van der Waals surface area contributed by atoms with E-state index in [1.54, 1.807) is 19.0 Å². The first kappa shape index (κ1) is 34.9. The number of hydrogen-bond donors (Lipinski definition) is 5. The molecule has 1 aromatic heterocycles. The first-order valence-corrected chi connectivity index (χ1v) is 13.4. The number of nitrogens with two attached hydrogens (primary N) is 3. The maximum Gasteiger partial charge on any atom is 0.416 e. The number of nitrogens with zero attached hydrogens (tertiary/aromatic N) is 4. The van der Waals surface area contributed by atoms with E-state index >= 15 is 0 Å². The summed E-state index contributed by atoms with van der Waals surface area (Å²) in [6.45, 7) is -1.07. The van der Waals surface area contributed by atoms with Gasteiger partial charge in [0.1, 0.15) is 23.0 Å². The summed E-state index contributed by atoms with van der Waals surface area (Å²) in [5.41, 5.74) is 13.9. The van der Waals surface area contributed by atoms with Gasteiger partial charge in [-0.25, -0.2) is 18.5 Å². The van der Waals surface area contributed by atoms with E-state index in [2.05, 4.69) is 15.6 Å². The molecule has 17 heteroatoms. The highest BCUT2D eigenvalue weighted by molar-refractivity contribution is 6.06. The summed E-state index contributed by atoms with van der Waals surface area (Å²) in [7, 11) is 6.00. The predicted molar refractivity (Wildman–Crippen MR) is 167 cm³/mol. The Morgan fingerprint density at radius 3 is 2.30 bits per heavy atom. The number of ether oxygens (including phenoxy) is 1. The Kier molecular flexibility index (Phi) is 11.0. The van der Waals surface area contributed by atoms with Crippen molar-refractivity contribution in [3.8, 4) is 0 Å². The van der Waals surface area contributed by atoms with Crippen LogP contribution in [0.1, 0.15) is 16.7 Å². The highest BCUT2D eigenvalue weighted by Crippen LogP contribution is 2.33. The van der Waals surface area contributed by atoms with E-state index in [-0.39, 0.29) is 29.4 Å². The van der Waals surface area contributed by atoms with Gasteiger partial charge in [0.05, 0.1) is 30.6 Å². The number of carbonyl (C=O) groups is 1. The molecule has 246 valence electrons. The molecule has 0 aliphatic carbocycles. The lowest BCUT2D eigenvalue weighted by molar-refractivity contribution is -0.138. The zero-order valence-electron chi connectivity index (χ0n) is 25.3.